The number of halogens is 1. The molecule has 1 aromatic heterocycles. The van der Waals surface area contributed by atoms with E-state index in [1.807, 2.05) is 13.8 Å². The summed E-state index contributed by atoms with van der Waals surface area (Å²) in [5.74, 6) is 0. The van der Waals surface area contributed by atoms with Gasteiger partial charge in [0.05, 0.1) is 0 Å². The molecule has 16 heavy (non-hydrogen) atoms. The summed E-state index contributed by atoms with van der Waals surface area (Å²) in [6.07, 6.45) is 2.07. The van der Waals surface area contributed by atoms with E-state index in [-0.39, 0.29) is 10.0 Å². The summed E-state index contributed by atoms with van der Waals surface area (Å²) in [6, 6.07) is 2.96. The Bertz CT molecular complexity index is 431. The summed E-state index contributed by atoms with van der Waals surface area (Å²) < 4.78 is 25.6. The summed E-state index contributed by atoms with van der Waals surface area (Å²) in [5, 5.41) is 0.289. The van der Waals surface area contributed by atoms with Crippen molar-refractivity contribution in [2.45, 2.75) is 25.2 Å². The molecule has 0 aliphatic carbocycles. The molecule has 1 heterocycles. The lowest BCUT2D eigenvalue weighted by molar-refractivity contribution is 0.427. The quantitative estimate of drug-likeness (QED) is 0.764. The second kappa shape index (κ2) is 5.61. The van der Waals surface area contributed by atoms with Crippen LogP contribution in [0.4, 0.5) is 0 Å². The van der Waals surface area contributed by atoms with Crippen LogP contribution >= 0.6 is 11.6 Å². The minimum absolute atomic E-state index is 0.187. The Morgan fingerprint density at radius 1 is 1.38 bits per heavy atom. The van der Waals surface area contributed by atoms with Gasteiger partial charge in [-0.3, -0.25) is 0 Å². The Morgan fingerprint density at radius 3 is 2.50 bits per heavy atom. The summed E-state index contributed by atoms with van der Waals surface area (Å²) in [5.41, 5.74) is 0. The molecule has 0 N–H and O–H groups in total. The van der Waals surface area contributed by atoms with Gasteiger partial charge in [0.25, 0.3) is 0 Å². The van der Waals surface area contributed by atoms with E-state index in [0.717, 1.165) is 6.42 Å². The molecule has 0 unspecified atom stereocenters. The van der Waals surface area contributed by atoms with Crippen LogP contribution < -0.4 is 0 Å². The highest BCUT2D eigenvalue weighted by Gasteiger charge is 2.22. The number of nitrogens with zero attached hydrogens (tertiary/aromatic N) is 2. The molecule has 0 atom stereocenters. The van der Waals surface area contributed by atoms with Gasteiger partial charge in [0.1, 0.15) is 10.0 Å². The van der Waals surface area contributed by atoms with Crippen LogP contribution in [0.25, 0.3) is 0 Å². The average Bonchev–Trinajstić information content (AvgIpc) is 2.26. The number of rotatable bonds is 5. The van der Waals surface area contributed by atoms with Crippen LogP contribution in [0.15, 0.2) is 23.2 Å². The molecular formula is C10H15ClN2O2S. The van der Waals surface area contributed by atoms with Crippen LogP contribution in [0.2, 0.25) is 5.15 Å². The van der Waals surface area contributed by atoms with Crippen molar-refractivity contribution < 1.29 is 8.42 Å². The molecule has 0 aliphatic rings. The van der Waals surface area contributed by atoms with Gasteiger partial charge in [-0.15, -0.1) is 0 Å². The summed E-state index contributed by atoms with van der Waals surface area (Å²) in [4.78, 5) is 3.97. The van der Waals surface area contributed by atoms with Crippen LogP contribution in [0, 0.1) is 0 Å². The number of pyridine rings is 1. The van der Waals surface area contributed by atoms with Crippen molar-refractivity contribution in [1.82, 2.24) is 9.29 Å². The van der Waals surface area contributed by atoms with E-state index in [4.69, 9.17) is 11.6 Å². The predicted molar refractivity (Wildman–Crippen MR) is 64.0 cm³/mol. The van der Waals surface area contributed by atoms with E-state index in [1.165, 1.54) is 22.6 Å². The van der Waals surface area contributed by atoms with Crippen LogP contribution in [0.5, 0.6) is 0 Å². The molecule has 0 radical (unpaired) electrons. The number of hydrogen-bond acceptors (Lipinski definition) is 3. The fraction of sp³-hybridized carbons (Fsp3) is 0.500. The maximum absolute atomic E-state index is 12.1. The zero-order valence-electron chi connectivity index (χ0n) is 9.35. The first kappa shape index (κ1) is 13.4. The molecule has 0 saturated heterocycles. The Labute approximate surface area is 101 Å². The second-order valence-corrected chi connectivity index (χ2v) is 5.64. The third kappa shape index (κ3) is 2.93. The van der Waals surface area contributed by atoms with Gasteiger partial charge in [-0.1, -0.05) is 25.4 Å². The third-order valence-electron chi connectivity index (χ3n) is 2.16. The lowest BCUT2D eigenvalue weighted by atomic mass is 10.5. The molecule has 0 amide bonds. The van der Waals surface area contributed by atoms with E-state index < -0.39 is 10.0 Å². The fourth-order valence-corrected chi connectivity index (χ4v) is 2.96. The van der Waals surface area contributed by atoms with Crippen LogP contribution in [0.1, 0.15) is 20.3 Å². The van der Waals surface area contributed by atoms with Crippen molar-refractivity contribution in [3.05, 3.63) is 23.5 Å². The molecule has 1 rings (SSSR count). The molecule has 0 spiro atoms. The number of hydrogen-bond donors (Lipinski definition) is 0. The zero-order valence-corrected chi connectivity index (χ0v) is 10.9. The normalized spacial score (nSPS) is 12.0. The molecule has 0 aromatic carbocycles. The van der Waals surface area contributed by atoms with Crippen molar-refractivity contribution in [3.63, 3.8) is 0 Å². The maximum atomic E-state index is 12.1. The molecule has 4 nitrogen and oxygen atoms in total. The molecule has 1 aromatic rings. The van der Waals surface area contributed by atoms with Crippen molar-refractivity contribution in [1.29, 1.82) is 0 Å². The van der Waals surface area contributed by atoms with Gasteiger partial charge in [-0.2, -0.15) is 4.31 Å². The lowest BCUT2D eigenvalue weighted by Gasteiger charge is -2.19. The lowest BCUT2D eigenvalue weighted by Crippen LogP contribution is -2.31. The van der Waals surface area contributed by atoms with E-state index >= 15 is 0 Å². The first-order chi connectivity index (χ1) is 7.52. The Kier molecular flexibility index (Phi) is 4.70. The van der Waals surface area contributed by atoms with Gasteiger partial charge >= 0.3 is 0 Å². The van der Waals surface area contributed by atoms with E-state index in [2.05, 4.69) is 4.98 Å². The molecule has 0 fully saturated rings. The van der Waals surface area contributed by atoms with Crippen molar-refractivity contribution in [3.8, 4) is 0 Å². The highest BCUT2D eigenvalue weighted by atomic mass is 35.5. The van der Waals surface area contributed by atoms with E-state index in [1.54, 1.807) is 0 Å². The van der Waals surface area contributed by atoms with Gasteiger partial charge in [0, 0.05) is 19.3 Å². The highest BCUT2D eigenvalue weighted by molar-refractivity contribution is 7.89. The Balaban J connectivity index is 3.04. The monoisotopic (exact) mass is 262 g/mol. The first-order valence-electron chi connectivity index (χ1n) is 5.14. The number of sulfonamides is 1. The largest absolute Gasteiger partial charge is 0.244 e. The fourth-order valence-electron chi connectivity index (χ4n) is 1.36. The molecular weight excluding hydrogens is 248 g/mol. The van der Waals surface area contributed by atoms with Crippen LogP contribution in [-0.2, 0) is 10.0 Å². The molecule has 6 heteroatoms. The van der Waals surface area contributed by atoms with Crippen molar-refractivity contribution in [2.24, 2.45) is 0 Å². The first-order valence-corrected chi connectivity index (χ1v) is 6.95. The summed E-state index contributed by atoms with van der Waals surface area (Å²) >= 11 is 5.62. The Hall–Kier alpha value is -0.650. The minimum atomic E-state index is -3.42. The molecule has 90 valence electrons. The van der Waals surface area contributed by atoms with Crippen LogP contribution in [0.3, 0.4) is 0 Å². The van der Waals surface area contributed by atoms with Crippen LogP contribution in [-0.4, -0.2) is 30.8 Å². The predicted octanol–water partition coefficient (Wildman–Crippen LogP) is 2.16. The summed E-state index contributed by atoms with van der Waals surface area (Å²) in [7, 11) is -3.42. The van der Waals surface area contributed by atoms with Crippen molar-refractivity contribution >= 4 is 21.6 Å². The van der Waals surface area contributed by atoms with Gasteiger partial charge in [-0.25, -0.2) is 13.4 Å². The zero-order chi connectivity index (χ0) is 12.2. The highest BCUT2D eigenvalue weighted by Crippen LogP contribution is 2.16. The smallest absolute Gasteiger partial charge is 0.243 e. The van der Waals surface area contributed by atoms with Crippen molar-refractivity contribution in [2.75, 3.05) is 13.1 Å². The van der Waals surface area contributed by atoms with Gasteiger partial charge < -0.3 is 0 Å². The van der Waals surface area contributed by atoms with Gasteiger partial charge in [0.2, 0.25) is 10.0 Å². The average molecular weight is 263 g/mol. The van der Waals surface area contributed by atoms with Gasteiger partial charge in [-0.05, 0) is 18.6 Å². The third-order valence-corrected chi connectivity index (χ3v) is 4.35. The van der Waals surface area contributed by atoms with E-state index in [0.29, 0.717) is 13.1 Å². The molecule has 0 aliphatic heterocycles. The standard InChI is InChI=1S/C10H15ClN2O2S/c1-3-7-13(4-2)16(14,15)9-5-6-10(11)12-8-9/h5-6,8H,3-4,7H2,1-2H3. The van der Waals surface area contributed by atoms with Gasteiger partial charge in [0.15, 0.2) is 0 Å². The SMILES string of the molecule is CCCN(CC)S(=O)(=O)c1ccc(Cl)nc1. The van der Waals surface area contributed by atoms with E-state index in [9.17, 15) is 8.42 Å². The molecule has 0 bridgehead atoms. The number of aromatic nitrogens is 1. The Morgan fingerprint density at radius 2 is 2.06 bits per heavy atom. The second-order valence-electron chi connectivity index (χ2n) is 3.31. The topological polar surface area (TPSA) is 50.3 Å². The maximum Gasteiger partial charge on any atom is 0.244 e. The minimum Gasteiger partial charge on any atom is -0.243 e. The summed E-state index contributed by atoms with van der Waals surface area (Å²) in [6.45, 7) is 4.73. The molecule has 0 saturated carbocycles.